The highest BCUT2D eigenvalue weighted by molar-refractivity contribution is 6.29. The molecule has 5 heteroatoms. The van der Waals surface area contributed by atoms with Crippen LogP contribution in [-0.4, -0.2) is 4.98 Å². The molecule has 17 heavy (non-hydrogen) atoms. The fourth-order valence-corrected chi connectivity index (χ4v) is 1.57. The Kier molecular flexibility index (Phi) is 3.15. The SMILES string of the molecule is Cc1cccc(Oc2cc(N)cc(Cl)n2)c1F. The minimum absolute atomic E-state index is 0.0965. The summed E-state index contributed by atoms with van der Waals surface area (Å²) in [5.74, 6) is -0.161. The van der Waals surface area contributed by atoms with Crippen molar-refractivity contribution in [3.8, 4) is 11.6 Å². The van der Waals surface area contributed by atoms with E-state index >= 15 is 0 Å². The van der Waals surface area contributed by atoms with Gasteiger partial charge >= 0.3 is 0 Å². The first-order valence-corrected chi connectivity index (χ1v) is 5.30. The number of hydrogen-bond donors (Lipinski definition) is 1. The number of nitrogen functional groups attached to an aromatic ring is 1. The Hall–Kier alpha value is -1.81. The summed E-state index contributed by atoms with van der Waals surface area (Å²) in [5.41, 5.74) is 6.49. The smallest absolute Gasteiger partial charge is 0.222 e. The van der Waals surface area contributed by atoms with Crippen molar-refractivity contribution in [1.29, 1.82) is 0 Å². The summed E-state index contributed by atoms with van der Waals surface area (Å²) in [7, 11) is 0. The number of halogens is 2. The molecular weight excluding hydrogens is 243 g/mol. The Morgan fingerprint density at radius 2 is 2.12 bits per heavy atom. The zero-order valence-corrected chi connectivity index (χ0v) is 9.83. The molecule has 3 nitrogen and oxygen atoms in total. The van der Waals surface area contributed by atoms with Crippen molar-refractivity contribution in [3.05, 3.63) is 46.9 Å². The van der Waals surface area contributed by atoms with E-state index in [4.69, 9.17) is 22.1 Å². The lowest BCUT2D eigenvalue weighted by Crippen LogP contribution is -1.94. The number of anilines is 1. The number of aryl methyl sites for hydroxylation is 1. The van der Waals surface area contributed by atoms with Crippen molar-refractivity contribution >= 4 is 17.3 Å². The van der Waals surface area contributed by atoms with E-state index < -0.39 is 5.82 Å². The largest absolute Gasteiger partial charge is 0.436 e. The van der Waals surface area contributed by atoms with Crippen molar-refractivity contribution in [2.24, 2.45) is 0 Å². The third-order valence-electron chi connectivity index (χ3n) is 2.16. The van der Waals surface area contributed by atoms with Gasteiger partial charge in [0.05, 0.1) is 0 Å². The molecule has 0 saturated carbocycles. The second-order valence-corrected chi connectivity index (χ2v) is 3.94. The molecule has 2 aromatic rings. The normalized spacial score (nSPS) is 10.3. The lowest BCUT2D eigenvalue weighted by atomic mass is 10.2. The number of rotatable bonds is 2. The molecule has 1 aromatic heterocycles. The molecule has 0 aliphatic rings. The van der Waals surface area contributed by atoms with Gasteiger partial charge in [0.1, 0.15) is 5.15 Å². The number of nitrogens with zero attached hydrogens (tertiary/aromatic N) is 1. The van der Waals surface area contributed by atoms with E-state index in [0.29, 0.717) is 11.3 Å². The quantitative estimate of drug-likeness (QED) is 0.832. The summed E-state index contributed by atoms with van der Waals surface area (Å²) in [4.78, 5) is 3.90. The summed E-state index contributed by atoms with van der Waals surface area (Å²) in [6.07, 6.45) is 0. The van der Waals surface area contributed by atoms with Gasteiger partial charge in [-0.2, -0.15) is 0 Å². The summed E-state index contributed by atoms with van der Waals surface area (Å²) in [6, 6.07) is 7.83. The van der Waals surface area contributed by atoms with E-state index in [1.807, 2.05) is 0 Å². The van der Waals surface area contributed by atoms with Gasteiger partial charge in [-0.3, -0.25) is 0 Å². The Bertz CT molecular complexity index is 540. The van der Waals surface area contributed by atoms with Crippen molar-refractivity contribution in [2.75, 3.05) is 5.73 Å². The van der Waals surface area contributed by atoms with Gasteiger partial charge in [0.25, 0.3) is 0 Å². The van der Waals surface area contributed by atoms with Gasteiger partial charge in [-0.05, 0) is 24.6 Å². The van der Waals surface area contributed by atoms with Crippen molar-refractivity contribution < 1.29 is 9.13 Å². The molecular formula is C12H10ClFN2O. The highest BCUT2D eigenvalue weighted by atomic mass is 35.5. The van der Waals surface area contributed by atoms with Crippen LogP contribution in [0.25, 0.3) is 0 Å². The Morgan fingerprint density at radius 1 is 1.35 bits per heavy atom. The zero-order valence-electron chi connectivity index (χ0n) is 9.08. The van der Waals surface area contributed by atoms with E-state index in [2.05, 4.69) is 4.98 Å². The van der Waals surface area contributed by atoms with Crippen LogP contribution >= 0.6 is 11.6 Å². The predicted octanol–water partition coefficient (Wildman–Crippen LogP) is 3.56. The molecule has 1 aromatic carbocycles. The van der Waals surface area contributed by atoms with Crippen LogP contribution in [0.1, 0.15) is 5.56 Å². The third kappa shape index (κ3) is 2.65. The second-order valence-electron chi connectivity index (χ2n) is 3.55. The van der Waals surface area contributed by atoms with Gasteiger partial charge in [-0.15, -0.1) is 0 Å². The molecule has 88 valence electrons. The molecule has 0 spiro atoms. The zero-order chi connectivity index (χ0) is 12.4. The minimum atomic E-state index is -0.423. The minimum Gasteiger partial charge on any atom is -0.436 e. The van der Waals surface area contributed by atoms with Crippen LogP contribution in [0.2, 0.25) is 5.15 Å². The average Bonchev–Trinajstić information content (AvgIpc) is 2.23. The molecule has 0 amide bonds. The van der Waals surface area contributed by atoms with Crippen molar-refractivity contribution in [2.45, 2.75) is 6.92 Å². The number of nitrogens with two attached hydrogens (primary N) is 1. The molecule has 1 heterocycles. The number of ether oxygens (including phenoxy) is 1. The van der Waals surface area contributed by atoms with Crippen LogP contribution in [0, 0.1) is 12.7 Å². The molecule has 0 aliphatic heterocycles. The lowest BCUT2D eigenvalue weighted by molar-refractivity contribution is 0.426. The third-order valence-corrected chi connectivity index (χ3v) is 2.36. The standard InChI is InChI=1S/C12H10ClFN2O/c1-7-3-2-4-9(12(7)14)17-11-6-8(15)5-10(13)16-11/h2-6H,1H3,(H2,15,16). The van der Waals surface area contributed by atoms with Crippen molar-refractivity contribution in [3.63, 3.8) is 0 Å². The molecule has 0 saturated heterocycles. The molecule has 0 bridgehead atoms. The van der Waals surface area contributed by atoms with Crippen molar-refractivity contribution in [1.82, 2.24) is 4.98 Å². The van der Waals surface area contributed by atoms with Gasteiger partial charge in [0, 0.05) is 11.8 Å². The van der Waals surface area contributed by atoms with Crippen LogP contribution in [0.4, 0.5) is 10.1 Å². The van der Waals surface area contributed by atoms with Gasteiger partial charge in [0.15, 0.2) is 11.6 Å². The van der Waals surface area contributed by atoms with Gasteiger partial charge < -0.3 is 10.5 Å². The average molecular weight is 253 g/mol. The van der Waals surface area contributed by atoms with Crippen LogP contribution < -0.4 is 10.5 Å². The predicted molar refractivity (Wildman–Crippen MR) is 64.9 cm³/mol. The maximum Gasteiger partial charge on any atom is 0.222 e. The fraction of sp³-hybridized carbons (Fsp3) is 0.0833. The van der Waals surface area contributed by atoms with E-state index in [0.717, 1.165) is 0 Å². The maximum atomic E-state index is 13.7. The van der Waals surface area contributed by atoms with E-state index in [1.165, 1.54) is 18.2 Å². The number of benzene rings is 1. The lowest BCUT2D eigenvalue weighted by Gasteiger charge is -2.08. The van der Waals surface area contributed by atoms with Gasteiger partial charge in [0.2, 0.25) is 5.88 Å². The Balaban J connectivity index is 2.34. The molecule has 2 N–H and O–H groups in total. The molecule has 0 radical (unpaired) electrons. The van der Waals surface area contributed by atoms with E-state index in [-0.39, 0.29) is 16.8 Å². The molecule has 0 unspecified atom stereocenters. The molecule has 0 atom stereocenters. The first kappa shape index (κ1) is 11.7. The Labute approximate surface area is 103 Å². The summed E-state index contributed by atoms with van der Waals surface area (Å²) in [5, 5.41) is 0.202. The van der Waals surface area contributed by atoms with Gasteiger partial charge in [-0.1, -0.05) is 23.7 Å². The second kappa shape index (κ2) is 4.59. The molecule has 0 fully saturated rings. The first-order chi connectivity index (χ1) is 8.06. The maximum absolute atomic E-state index is 13.7. The summed E-state index contributed by atoms with van der Waals surface area (Å²) < 4.78 is 19.0. The molecule has 2 rings (SSSR count). The highest BCUT2D eigenvalue weighted by Crippen LogP contribution is 2.27. The summed E-state index contributed by atoms with van der Waals surface area (Å²) >= 11 is 5.72. The fourth-order valence-electron chi connectivity index (χ4n) is 1.36. The van der Waals surface area contributed by atoms with Crippen LogP contribution in [0.5, 0.6) is 11.6 Å². The number of aromatic nitrogens is 1. The first-order valence-electron chi connectivity index (χ1n) is 4.92. The van der Waals surface area contributed by atoms with Crippen LogP contribution in [0.15, 0.2) is 30.3 Å². The highest BCUT2D eigenvalue weighted by Gasteiger charge is 2.08. The van der Waals surface area contributed by atoms with Crippen LogP contribution in [0.3, 0.4) is 0 Å². The van der Waals surface area contributed by atoms with Crippen LogP contribution in [-0.2, 0) is 0 Å². The van der Waals surface area contributed by atoms with E-state index in [9.17, 15) is 4.39 Å². The summed E-state index contributed by atoms with van der Waals surface area (Å²) in [6.45, 7) is 1.65. The monoisotopic (exact) mass is 252 g/mol. The van der Waals surface area contributed by atoms with Gasteiger partial charge in [-0.25, -0.2) is 9.37 Å². The molecule has 0 aliphatic carbocycles. The number of hydrogen-bond acceptors (Lipinski definition) is 3. The van der Waals surface area contributed by atoms with E-state index in [1.54, 1.807) is 19.1 Å². The topological polar surface area (TPSA) is 48.1 Å². The number of pyridine rings is 1. The Morgan fingerprint density at radius 3 is 2.82 bits per heavy atom.